The maximum Gasteiger partial charge on any atom is 0.337 e. The first-order valence-electron chi connectivity index (χ1n) is 8.88. The Morgan fingerprint density at radius 1 is 1.00 bits per heavy atom. The highest BCUT2D eigenvalue weighted by molar-refractivity contribution is 8.01. The topological polar surface area (TPSA) is 120 Å². The maximum absolute atomic E-state index is 12.3. The molecule has 0 saturated carbocycles. The van der Waals surface area contributed by atoms with Gasteiger partial charge in [-0.15, -0.1) is 10.2 Å². The number of hydrogen-bond donors (Lipinski definition) is 2. The standard InChI is InChI=1S/C20H18N4O5S2/c1-28-15-5-3-4-13(10-15)17(26)22-19-23-24-20(31-19)30-11-16(25)21-14-8-6-12(7-9-14)18(27)29-2/h3-10H,11H2,1-2H3,(H,21,25)(H,22,23,26). The molecule has 2 aromatic carbocycles. The molecule has 2 N–H and O–H groups in total. The van der Waals surface area contributed by atoms with Gasteiger partial charge in [0.2, 0.25) is 11.0 Å². The third-order valence-corrected chi connectivity index (χ3v) is 5.85. The largest absolute Gasteiger partial charge is 0.497 e. The number of carbonyl (C=O) groups excluding carboxylic acids is 3. The lowest BCUT2D eigenvalue weighted by molar-refractivity contribution is -0.113. The van der Waals surface area contributed by atoms with Gasteiger partial charge in [-0.05, 0) is 42.5 Å². The number of hydrogen-bond acceptors (Lipinski definition) is 9. The number of ether oxygens (including phenoxy) is 2. The second-order valence-corrected chi connectivity index (χ2v) is 8.16. The molecule has 0 bridgehead atoms. The minimum absolute atomic E-state index is 0.108. The third kappa shape index (κ3) is 6.27. The predicted molar refractivity (Wildman–Crippen MR) is 118 cm³/mol. The number of amides is 2. The monoisotopic (exact) mass is 458 g/mol. The molecule has 0 aliphatic carbocycles. The first-order valence-corrected chi connectivity index (χ1v) is 10.7. The lowest BCUT2D eigenvalue weighted by Crippen LogP contribution is -2.14. The van der Waals surface area contributed by atoms with E-state index in [9.17, 15) is 14.4 Å². The van der Waals surface area contributed by atoms with Gasteiger partial charge in [0.25, 0.3) is 5.91 Å². The van der Waals surface area contributed by atoms with Crippen LogP contribution in [0, 0.1) is 0 Å². The second kappa shape index (κ2) is 10.5. The van der Waals surface area contributed by atoms with Gasteiger partial charge in [-0.25, -0.2) is 4.79 Å². The molecule has 11 heteroatoms. The highest BCUT2D eigenvalue weighted by Crippen LogP contribution is 2.26. The number of nitrogens with one attached hydrogen (secondary N) is 2. The molecule has 2 amide bonds. The zero-order valence-electron chi connectivity index (χ0n) is 16.6. The molecule has 3 aromatic rings. The molecule has 0 atom stereocenters. The van der Waals surface area contributed by atoms with Gasteiger partial charge in [-0.2, -0.15) is 0 Å². The molecular weight excluding hydrogens is 440 g/mol. The molecule has 1 heterocycles. The Morgan fingerprint density at radius 2 is 1.77 bits per heavy atom. The van der Waals surface area contributed by atoms with Crippen LogP contribution >= 0.6 is 23.1 Å². The van der Waals surface area contributed by atoms with Crippen LogP contribution in [0.25, 0.3) is 0 Å². The van der Waals surface area contributed by atoms with E-state index in [2.05, 4.69) is 25.6 Å². The zero-order valence-corrected chi connectivity index (χ0v) is 18.2. The van der Waals surface area contributed by atoms with E-state index in [1.807, 2.05) is 0 Å². The summed E-state index contributed by atoms with van der Waals surface area (Å²) in [5.74, 6) is -0.337. The Kier molecular flexibility index (Phi) is 7.57. The van der Waals surface area contributed by atoms with E-state index in [4.69, 9.17) is 4.74 Å². The van der Waals surface area contributed by atoms with Crippen LogP contribution in [0.2, 0.25) is 0 Å². The number of anilines is 2. The van der Waals surface area contributed by atoms with E-state index >= 15 is 0 Å². The van der Waals surface area contributed by atoms with E-state index in [1.165, 1.54) is 37.3 Å². The number of esters is 1. The summed E-state index contributed by atoms with van der Waals surface area (Å²) in [7, 11) is 2.83. The first kappa shape index (κ1) is 22.2. The van der Waals surface area contributed by atoms with Crippen LogP contribution < -0.4 is 15.4 Å². The fourth-order valence-electron chi connectivity index (χ4n) is 2.38. The molecule has 160 valence electrons. The van der Waals surface area contributed by atoms with Crippen LogP contribution in [-0.2, 0) is 9.53 Å². The molecular formula is C20H18N4O5S2. The van der Waals surface area contributed by atoms with Crippen LogP contribution in [0.4, 0.5) is 10.8 Å². The van der Waals surface area contributed by atoms with Crippen molar-refractivity contribution >= 4 is 51.7 Å². The Labute approximate surface area is 186 Å². The van der Waals surface area contributed by atoms with Crippen molar-refractivity contribution in [2.24, 2.45) is 0 Å². The Hall–Kier alpha value is -3.44. The Morgan fingerprint density at radius 3 is 2.48 bits per heavy atom. The van der Waals surface area contributed by atoms with Gasteiger partial charge < -0.3 is 14.8 Å². The molecule has 0 aliphatic rings. The van der Waals surface area contributed by atoms with Crippen LogP contribution in [-0.4, -0.2) is 48.0 Å². The van der Waals surface area contributed by atoms with Crippen LogP contribution in [0.15, 0.2) is 52.9 Å². The number of rotatable bonds is 8. The second-order valence-electron chi connectivity index (χ2n) is 5.96. The van der Waals surface area contributed by atoms with Crippen molar-refractivity contribution < 1.29 is 23.9 Å². The quantitative estimate of drug-likeness (QED) is 0.300. The van der Waals surface area contributed by atoms with Gasteiger partial charge in [0.05, 0.1) is 25.5 Å². The summed E-state index contributed by atoms with van der Waals surface area (Å²) < 4.78 is 10.3. The molecule has 0 unspecified atom stereocenters. The lowest BCUT2D eigenvalue weighted by Gasteiger charge is -2.05. The van der Waals surface area contributed by atoms with Gasteiger partial charge in [0.15, 0.2) is 4.34 Å². The van der Waals surface area contributed by atoms with Gasteiger partial charge in [-0.3, -0.25) is 14.9 Å². The van der Waals surface area contributed by atoms with Crippen molar-refractivity contribution in [2.75, 3.05) is 30.6 Å². The molecule has 0 radical (unpaired) electrons. The van der Waals surface area contributed by atoms with Crippen molar-refractivity contribution in [3.8, 4) is 5.75 Å². The van der Waals surface area contributed by atoms with E-state index in [0.29, 0.717) is 32.0 Å². The highest BCUT2D eigenvalue weighted by Gasteiger charge is 2.13. The van der Waals surface area contributed by atoms with Gasteiger partial charge in [0.1, 0.15) is 5.75 Å². The fourth-order valence-corrected chi connectivity index (χ4v) is 3.93. The normalized spacial score (nSPS) is 10.3. The molecule has 3 rings (SSSR count). The molecule has 1 aromatic heterocycles. The van der Waals surface area contributed by atoms with Gasteiger partial charge >= 0.3 is 5.97 Å². The summed E-state index contributed by atoms with van der Waals surface area (Å²) in [5, 5.41) is 13.6. The van der Waals surface area contributed by atoms with E-state index in [0.717, 1.165) is 0 Å². The van der Waals surface area contributed by atoms with Crippen LogP contribution in [0.1, 0.15) is 20.7 Å². The van der Waals surface area contributed by atoms with Crippen molar-refractivity contribution in [3.63, 3.8) is 0 Å². The number of benzene rings is 2. The molecule has 0 aliphatic heterocycles. The maximum atomic E-state index is 12.3. The lowest BCUT2D eigenvalue weighted by atomic mass is 10.2. The van der Waals surface area contributed by atoms with Crippen molar-refractivity contribution in [3.05, 3.63) is 59.7 Å². The van der Waals surface area contributed by atoms with Crippen LogP contribution in [0.5, 0.6) is 5.75 Å². The number of nitrogens with zero attached hydrogens (tertiary/aromatic N) is 2. The fraction of sp³-hybridized carbons (Fsp3) is 0.150. The molecule has 0 spiro atoms. The van der Waals surface area contributed by atoms with E-state index < -0.39 is 5.97 Å². The number of aromatic nitrogens is 2. The predicted octanol–water partition coefficient (Wildman–Crippen LogP) is 3.32. The van der Waals surface area contributed by atoms with E-state index in [1.54, 1.807) is 48.5 Å². The molecule has 0 fully saturated rings. The minimum atomic E-state index is -0.445. The molecule has 9 nitrogen and oxygen atoms in total. The summed E-state index contributed by atoms with van der Waals surface area (Å²) in [4.78, 5) is 35.9. The third-order valence-electron chi connectivity index (χ3n) is 3.88. The summed E-state index contributed by atoms with van der Waals surface area (Å²) in [6, 6.07) is 13.1. The average Bonchev–Trinajstić information content (AvgIpc) is 3.25. The summed E-state index contributed by atoms with van der Waals surface area (Å²) in [6.07, 6.45) is 0. The number of methoxy groups -OCH3 is 2. The van der Waals surface area contributed by atoms with Gasteiger partial charge in [0, 0.05) is 11.3 Å². The minimum Gasteiger partial charge on any atom is -0.497 e. The SMILES string of the molecule is COC(=O)c1ccc(NC(=O)CSc2nnc(NC(=O)c3cccc(OC)c3)s2)cc1. The van der Waals surface area contributed by atoms with Gasteiger partial charge in [-0.1, -0.05) is 29.2 Å². The highest BCUT2D eigenvalue weighted by atomic mass is 32.2. The average molecular weight is 459 g/mol. The van der Waals surface area contributed by atoms with Crippen molar-refractivity contribution in [2.45, 2.75) is 4.34 Å². The number of carbonyl (C=O) groups is 3. The summed E-state index contributed by atoms with van der Waals surface area (Å²) >= 11 is 2.36. The first-order chi connectivity index (χ1) is 15.0. The zero-order chi connectivity index (χ0) is 22.2. The van der Waals surface area contributed by atoms with E-state index in [-0.39, 0.29) is 17.6 Å². The number of thioether (sulfide) groups is 1. The summed E-state index contributed by atoms with van der Waals surface area (Å²) in [5.41, 5.74) is 1.38. The Balaban J connectivity index is 1.49. The Bertz CT molecular complexity index is 1090. The van der Waals surface area contributed by atoms with Crippen molar-refractivity contribution in [1.82, 2.24) is 10.2 Å². The molecule has 0 saturated heterocycles. The smallest absolute Gasteiger partial charge is 0.337 e. The van der Waals surface area contributed by atoms with Crippen molar-refractivity contribution in [1.29, 1.82) is 0 Å². The van der Waals surface area contributed by atoms with Crippen LogP contribution in [0.3, 0.4) is 0 Å². The summed E-state index contributed by atoms with van der Waals surface area (Å²) in [6.45, 7) is 0. The molecule has 31 heavy (non-hydrogen) atoms.